The Kier molecular flexibility index (Phi) is 5.61. The van der Waals surface area contributed by atoms with Gasteiger partial charge in [-0.3, -0.25) is 0 Å². The summed E-state index contributed by atoms with van der Waals surface area (Å²) < 4.78 is 5.09. The van der Waals surface area contributed by atoms with E-state index in [4.69, 9.17) is 16.3 Å². The van der Waals surface area contributed by atoms with Gasteiger partial charge in [-0.25, -0.2) is 9.59 Å². The van der Waals surface area contributed by atoms with Crippen molar-refractivity contribution < 1.29 is 19.4 Å². The summed E-state index contributed by atoms with van der Waals surface area (Å²) in [5.41, 5.74) is 0.0827. The maximum atomic E-state index is 11.7. The molecule has 0 radical (unpaired) electrons. The summed E-state index contributed by atoms with van der Waals surface area (Å²) in [6.45, 7) is 6.86. The second-order valence-electron chi connectivity index (χ2n) is 5.80. The van der Waals surface area contributed by atoms with E-state index in [1.54, 1.807) is 52.0 Å². The highest BCUT2D eigenvalue weighted by Crippen LogP contribution is 2.22. The number of ether oxygens (including phenoxy) is 1. The Morgan fingerprint density at radius 1 is 1.24 bits per heavy atom. The molecule has 0 bridgehead atoms. The Balaban J connectivity index is 2.84. The molecule has 116 valence electrons. The van der Waals surface area contributed by atoms with Crippen LogP contribution in [0, 0.1) is 0 Å². The summed E-state index contributed by atoms with van der Waals surface area (Å²) in [4.78, 5) is 23.1. The zero-order valence-electron chi connectivity index (χ0n) is 12.5. The van der Waals surface area contributed by atoms with Gasteiger partial charge in [-0.15, -0.1) is 0 Å². The van der Waals surface area contributed by atoms with Gasteiger partial charge in [-0.2, -0.15) is 0 Å². The van der Waals surface area contributed by atoms with Crippen LogP contribution in [0.3, 0.4) is 0 Å². The number of carboxylic acid groups (broad SMARTS) is 1. The first-order valence-corrected chi connectivity index (χ1v) is 6.96. The highest BCUT2D eigenvalue weighted by atomic mass is 35.5. The third-order valence-corrected chi connectivity index (χ3v) is 3.09. The lowest BCUT2D eigenvalue weighted by Crippen LogP contribution is -2.46. The molecule has 0 aromatic heterocycles. The minimum absolute atomic E-state index is 0.424. The third-order valence-electron chi connectivity index (χ3n) is 2.83. The van der Waals surface area contributed by atoms with Gasteiger partial charge >= 0.3 is 12.1 Å². The normalized spacial score (nSPS) is 14.1. The fraction of sp³-hybridized carbons (Fsp3) is 0.467. The third kappa shape index (κ3) is 5.63. The smallest absolute Gasteiger partial charge is 0.408 e. The van der Waals surface area contributed by atoms with Gasteiger partial charge in [-0.1, -0.05) is 30.7 Å². The van der Waals surface area contributed by atoms with Crippen molar-refractivity contribution in [3.05, 3.63) is 34.9 Å². The number of amides is 1. The van der Waals surface area contributed by atoms with E-state index >= 15 is 0 Å². The van der Waals surface area contributed by atoms with E-state index < -0.39 is 29.6 Å². The van der Waals surface area contributed by atoms with Crippen LogP contribution in [0.2, 0.25) is 5.02 Å². The largest absolute Gasteiger partial charge is 0.480 e. The number of hydrogen-bond acceptors (Lipinski definition) is 3. The van der Waals surface area contributed by atoms with Gasteiger partial charge in [0.2, 0.25) is 0 Å². The van der Waals surface area contributed by atoms with Gasteiger partial charge in [0.25, 0.3) is 0 Å². The highest BCUT2D eigenvalue weighted by Gasteiger charge is 2.29. The van der Waals surface area contributed by atoms with Crippen LogP contribution in [0.4, 0.5) is 4.79 Å². The summed E-state index contributed by atoms with van der Waals surface area (Å²) in [7, 11) is 0. The summed E-state index contributed by atoms with van der Waals surface area (Å²) in [5, 5.41) is 12.3. The molecular formula is C15H20ClNO4. The average molecular weight is 314 g/mol. The van der Waals surface area contributed by atoms with Crippen molar-refractivity contribution in [3.63, 3.8) is 0 Å². The summed E-state index contributed by atoms with van der Waals surface area (Å²) >= 11 is 5.81. The first-order chi connectivity index (χ1) is 9.60. The molecule has 6 heteroatoms. The molecule has 1 aromatic rings. The standard InChI is InChI=1S/C15H20ClNO4/c1-9(10-5-7-11(16)8-6-10)12(13(18)19)17-14(20)21-15(2,3)4/h5-9,12H,1-4H3,(H,17,20)(H,18,19)/t9?,12-/m0/s1. The van der Waals surface area contributed by atoms with E-state index in [9.17, 15) is 14.7 Å². The maximum Gasteiger partial charge on any atom is 0.408 e. The van der Waals surface area contributed by atoms with Crippen molar-refractivity contribution in [1.82, 2.24) is 5.32 Å². The minimum atomic E-state index is -1.12. The zero-order chi connectivity index (χ0) is 16.2. The number of carbonyl (C=O) groups is 2. The van der Waals surface area contributed by atoms with Crippen LogP contribution in [0.15, 0.2) is 24.3 Å². The molecule has 5 nitrogen and oxygen atoms in total. The Labute approximate surface area is 129 Å². The second-order valence-corrected chi connectivity index (χ2v) is 6.24. The van der Waals surface area contributed by atoms with Gasteiger partial charge in [0.15, 0.2) is 0 Å². The van der Waals surface area contributed by atoms with Crippen LogP contribution in [-0.4, -0.2) is 28.8 Å². The molecule has 0 heterocycles. The van der Waals surface area contributed by atoms with Crippen molar-refractivity contribution in [2.24, 2.45) is 0 Å². The van der Waals surface area contributed by atoms with Crippen molar-refractivity contribution in [2.45, 2.75) is 45.3 Å². The lowest BCUT2D eigenvalue weighted by atomic mass is 9.93. The first-order valence-electron chi connectivity index (χ1n) is 6.58. The van der Waals surface area contributed by atoms with Crippen molar-refractivity contribution in [3.8, 4) is 0 Å². The topological polar surface area (TPSA) is 75.6 Å². The van der Waals surface area contributed by atoms with Crippen LogP contribution in [0.1, 0.15) is 39.2 Å². The fourth-order valence-electron chi connectivity index (χ4n) is 1.79. The number of carboxylic acids is 1. The zero-order valence-corrected chi connectivity index (χ0v) is 13.3. The molecule has 1 rings (SSSR count). The molecule has 0 spiro atoms. The van der Waals surface area contributed by atoms with Crippen molar-refractivity contribution in [1.29, 1.82) is 0 Å². The van der Waals surface area contributed by atoms with Gasteiger partial charge in [0.05, 0.1) is 0 Å². The number of nitrogens with one attached hydrogen (secondary N) is 1. The number of aliphatic carboxylic acids is 1. The first kappa shape index (κ1) is 17.3. The Hall–Kier alpha value is -1.75. The molecule has 1 unspecified atom stereocenters. The second kappa shape index (κ2) is 6.80. The fourth-order valence-corrected chi connectivity index (χ4v) is 1.92. The van der Waals surface area contributed by atoms with E-state index in [0.717, 1.165) is 5.56 Å². The number of benzene rings is 1. The number of rotatable bonds is 4. The molecular weight excluding hydrogens is 294 g/mol. The molecule has 0 aliphatic heterocycles. The van der Waals surface area contributed by atoms with Crippen molar-refractivity contribution in [2.75, 3.05) is 0 Å². The molecule has 21 heavy (non-hydrogen) atoms. The quantitative estimate of drug-likeness (QED) is 0.893. The van der Waals surface area contributed by atoms with E-state index in [1.807, 2.05) is 0 Å². The number of carbonyl (C=O) groups excluding carboxylic acids is 1. The minimum Gasteiger partial charge on any atom is -0.480 e. The van der Waals surface area contributed by atoms with E-state index in [0.29, 0.717) is 5.02 Å². The van der Waals surface area contributed by atoms with E-state index in [-0.39, 0.29) is 0 Å². The van der Waals surface area contributed by atoms with Crippen LogP contribution >= 0.6 is 11.6 Å². The Morgan fingerprint density at radius 3 is 2.19 bits per heavy atom. The van der Waals surface area contributed by atoms with Crippen LogP contribution in [0.5, 0.6) is 0 Å². The molecule has 1 amide bonds. The monoisotopic (exact) mass is 313 g/mol. The summed E-state index contributed by atoms with van der Waals surface area (Å²) in [6, 6.07) is 5.75. The summed E-state index contributed by atoms with van der Waals surface area (Å²) in [5.74, 6) is -1.55. The molecule has 2 N–H and O–H groups in total. The highest BCUT2D eigenvalue weighted by molar-refractivity contribution is 6.30. The van der Waals surface area contributed by atoms with E-state index in [2.05, 4.69) is 5.32 Å². The van der Waals surface area contributed by atoms with Crippen LogP contribution in [-0.2, 0) is 9.53 Å². The predicted octanol–water partition coefficient (Wildman–Crippen LogP) is 3.42. The van der Waals surface area contributed by atoms with Crippen molar-refractivity contribution >= 4 is 23.7 Å². The lowest BCUT2D eigenvalue weighted by Gasteiger charge is -2.25. The molecule has 0 fully saturated rings. The lowest BCUT2D eigenvalue weighted by molar-refractivity contribution is -0.140. The van der Waals surface area contributed by atoms with Gasteiger partial charge in [0, 0.05) is 10.9 Å². The Bertz CT molecular complexity index is 507. The van der Waals surface area contributed by atoms with E-state index in [1.165, 1.54) is 0 Å². The molecule has 2 atom stereocenters. The molecule has 0 saturated carbocycles. The number of halogens is 1. The number of alkyl carbamates (subject to hydrolysis) is 1. The molecule has 0 saturated heterocycles. The average Bonchev–Trinajstić information content (AvgIpc) is 2.33. The van der Waals surface area contributed by atoms with Crippen LogP contribution in [0.25, 0.3) is 0 Å². The molecule has 0 aliphatic carbocycles. The van der Waals surface area contributed by atoms with Gasteiger partial charge < -0.3 is 15.2 Å². The predicted molar refractivity (Wildman–Crippen MR) is 80.7 cm³/mol. The van der Waals surface area contributed by atoms with Gasteiger partial charge in [-0.05, 0) is 38.5 Å². The SMILES string of the molecule is CC(c1ccc(Cl)cc1)[C@H](NC(=O)OC(C)(C)C)C(=O)O. The Morgan fingerprint density at radius 2 is 1.76 bits per heavy atom. The maximum absolute atomic E-state index is 11.7. The summed E-state index contributed by atoms with van der Waals surface area (Å²) in [6.07, 6.45) is -0.754. The van der Waals surface area contributed by atoms with Gasteiger partial charge in [0.1, 0.15) is 11.6 Å². The molecule has 1 aromatic carbocycles. The number of hydrogen-bond donors (Lipinski definition) is 2. The van der Waals surface area contributed by atoms with Crippen LogP contribution < -0.4 is 5.32 Å². The molecule has 0 aliphatic rings.